The lowest BCUT2D eigenvalue weighted by Gasteiger charge is -2.20. The number of ether oxygens (including phenoxy) is 1. The zero-order chi connectivity index (χ0) is 16.9. The fourth-order valence-corrected chi connectivity index (χ4v) is 2.71. The quantitative estimate of drug-likeness (QED) is 0.459. The molecule has 1 atom stereocenters. The molecule has 0 saturated heterocycles. The molecule has 0 aliphatic heterocycles. The Morgan fingerprint density at radius 1 is 1.04 bits per heavy atom. The van der Waals surface area contributed by atoms with Crippen LogP contribution in [0.3, 0.4) is 0 Å². The van der Waals surface area contributed by atoms with E-state index in [1.165, 1.54) is 24.8 Å². The van der Waals surface area contributed by atoms with Crippen molar-refractivity contribution < 1.29 is 9.13 Å². The Morgan fingerprint density at radius 3 is 2.39 bits per heavy atom. The molecule has 0 N–H and O–H groups in total. The van der Waals surface area contributed by atoms with Crippen molar-refractivity contribution in [2.24, 2.45) is 0 Å². The summed E-state index contributed by atoms with van der Waals surface area (Å²) in [6.07, 6.45) is 6.29. The first-order valence-corrected chi connectivity index (χ1v) is 9.23. The van der Waals surface area contributed by atoms with Gasteiger partial charge in [0.15, 0.2) is 0 Å². The number of rotatable bonds is 13. The van der Waals surface area contributed by atoms with E-state index >= 15 is 0 Å². The van der Waals surface area contributed by atoms with Crippen LogP contribution in [0.25, 0.3) is 0 Å². The highest BCUT2D eigenvalue weighted by Crippen LogP contribution is 2.14. The van der Waals surface area contributed by atoms with Gasteiger partial charge in [0.2, 0.25) is 0 Å². The van der Waals surface area contributed by atoms with Crippen LogP contribution >= 0.6 is 0 Å². The Labute approximate surface area is 142 Å². The molecule has 1 aromatic rings. The van der Waals surface area contributed by atoms with Crippen molar-refractivity contribution in [2.45, 2.75) is 65.5 Å². The highest BCUT2D eigenvalue weighted by Gasteiger charge is 2.07. The van der Waals surface area contributed by atoms with E-state index in [-0.39, 0.29) is 0 Å². The SMILES string of the molecule is CCCCCCOc1ccc(CCCN(CC)CC(C)F)cc1. The Morgan fingerprint density at radius 2 is 1.78 bits per heavy atom. The minimum absolute atomic E-state index is 0.543. The second kappa shape index (κ2) is 12.3. The van der Waals surface area contributed by atoms with Crippen LogP contribution in [-0.4, -0.2) is 37.3 Å². The van der Waals surface area contributed by atoms with E-state index in [9.17, 15) is 4.39 Å². The largest absolute Gasteiger partial charge is 0.494 e. The first-order valence-electron chi connectivity index (χ1n) is 9.23. The fourth-order valence-electron chi connectivity index (χ4n) is 2.71. The molecule has 0 aromatic heterocycles. The van der Waals surface area contributed by atoms with Gasteiger partial charge in [0.05, 0.1) is 6.61 Å². The van der Waals surface area contributed by atoms with Crippen LogP contribution in [-0.2, 0) is 6.42 Å². The maximum atomic E-state index is 13.0. The minimum Gasteiger partial charge on any atom is -0.494 e. The van der Waals surface area contributed by atoms with Gasteiger partial charge in [0.1, 0.15) is 11.9 Å². The number of unbranched alkanes of at least 4 members (excludes halogenated alkanes) is 3. The van der Waals surface area contributed by atoms with Gasteiger partial charge in [-0.15, -0.1) is 0 Å². The van der Waals surface area contributed by atoms with Crippen LogP contribution in [0, 0.1) is 0 Å². The fraction of sp³-hybridized carbons (Fsp3) is 0.700. The monoisotopic (exact) mass is 323 g/mol. The molecular weight excluding hydrogens is 289 g/mol. The van der Waals surface area contributed by atoms with Crippen LogP contribution in [0.15, 0.2) is 24.3 Å². The summed E-state index contributed by atoms with van der Waals surface area (Å²) in [6.45, 7) is 9.17. The number of benzene rings is 1. The zero-order valence-corrected chi connectivity index (χ0v) is 15.2. The molecule has 132 valence electrons. The van der Waals surface area contributed by atoms with Crippen molar-refractivity contribution in [2.75, 3.05) is 26.2 Å². The smallest absolute Gasteiger partial charge is 0.119 e. The highest BCUT2D eigenvalue weighted by atomic mass is 19.1. The highest BCUT2D eigenvalue weighted by molar-refractivity contribution is 5.27. The maximum Gasteiger partial charge on any atom is 0.119 e. The van der Waals surface area contributed by atoms with Crippen LogP contribution in [0.5, 0.6) is 5.75 Å². The van der Waals surface area contributed by atoms with E-state index in [1.807, 2.05) is 0 Å². The first-order chi connectivity index (χ1) is 11.2. The van der Waals surface area contributed by atoms with Crippen molar-refractivity contribution in [3.05, 3.63) is 29.8 Å². The average Bonchev–Trinajstić information content (AvgIpc) is 2.54. The van der Waals surface area contributed by atoms with E-state index < -0.39 is 6.17 Å². The van der Waals surface area contributed by atoms with E-state index in [4.69, 9.17) is 4.74 Å². The van der Waals surface area contributed by atoms with Gasteiger partial charge in [-0.3, -0.25) is 0 Å². The molecule has 0 bridgehead atoms. The predicted octanol–water partition coefficient (Wildman–Crippen LogP) is 5.26. The molecule has 23 heavy (non-hydrogen) atoms. The number of hydrogen-bond donors (Lipinski definition) is 0. The molecule has 2 nitrogen and oxygen atoms in total. The van der Waals surface area contributed by atoms with E-state index in [0.29, 0.717) is 6.54 Å². The lowest BCUT2D eigenvalue weighted by Crippen LogP contribution is -2.30. The molecule has 1 aromatic carbocycles. The van der Waals surface area contributed by atoms with Gasteiger partial charge in [-0.05, 0) is 57.0 Å². The van der Waals surface area contributed by atoms with Gasteiger partial charge in [-0.25, -0.2) is 4.39 Å². The molecule has 0 heterocycles. The minimum atomic E-state index is -0.747. The van der Waals surface area contributed by atoms with Crippen molar-refractivity contribution >= 4 is 0 Å². The summed E-state index contributed by atoms with van der Waals surface area (Å²) < 4.78 is 18.8. The molecule has 1 rings (SSSR count). The third-order valence-electron chi connectivity index (χ3n) is 4.09. The van der Waals surface area contributed by atoms with Crippen molar-refractivity contribution in [1.82, 2.24) is 4.90 Å². The summed E-state index contributed by atoms with van der Waals surface area (Å²) in [5.41, 5.74) is 1.33. The normalized spacial score (nSPS) is 12.6. The van der Waals surface area contributed by atoms with Crippen molar-refractivity contribution in [1.29, 1.82) is 0 Å². The Kier molecular flexibility index (Phi) is 10.7. The van der Waals surface area contributed by atoms with E-state index in [0.717, 1.165) is 44.7 Å². The predicted molar refractivity (Wildman–Crippen MR) is 97.1 cm³/mol. The second-order valence-corrected chi connectivity index (χ2v) is 6.33. The lowest BCUT2D eigenvalue weighted by atomic mass is 10.1. The van der Waals surface area contributed by atoms with Gasteiger partial charge in [-0.2, -0.15) is 0 Å². The summed E-state index contributed by atoms with van der Waals surface area (Å²) in [4.78, 5) is 2.18. The van der Waals surface area contributed by atoms with E-state index in [1.54, 1.807) is 6.92 Å². The molecule has 0 amide bonds. The Balaban J connectivity index is 2.23. The Hall–Kier alpha value is -1.09. The van der Waals surface area contributed by atoms with Crippen LogP contribution in [0.2, 0.25) is 0 Å². The Bertz CT molecular complexity index is 391. The van der Waals surface area contributed by atoms with Crippen molar-refractivity contribution in [3.63, 3.8) is 0 Å². The molecule has 0 aliphatic carbocycles. The number of alkyl halides is 1. The number of nitrogens with zero attached hydrogens (tertiary/aromatic N) is 1. The van der Waals surface area contributed by atoms with E-state index in [2.05, 4.69) is 43.0 Å². The summed E-state index contributed by atoms with van der Waals surface area (Å²) in [6, 6.07) is 8.43. The van der Waals surface area contributed by atoms with Crippen LogP contribution in [0.1, 0.15) is 58.4 Å². The second-order valence-electron chi connectivity index (χ2n) is 6.33. The molecular formula is C20H34FNO. The number of halogens is 1. The van der Waals surface area contributed by atoms with Crippen LogP contribution in [0.4, 0.5) is 4.39 Å². The molecule has 0 aliphatic rings. The summed E-state index contributed by atoms with van der Waals surface area (Å²) >= 11 is 0. The maximum absolute atomic E-state index is 13.0. The molecule has 3 heteroatoms. The summed E-state index contributed by atoms with van der Waals surface area (Å²) in [5.74, 6) is 0.965. The van der Waals surface area contributed by atoms with Gasteiger partial charge >= 0.3 is 0 Å². The molecule has 0 spiro atoms. The van der Waals surface area contributed by atoms with Gasteiger partial charge in [0, 0.05) is 6.54 Å². The molecule has 1 unspecified atom stereocenters. The standard InChI is InChI=1S/C20H34FNO/c1-4-6-7-8-16-23-20-13-11-19(12-14-20)10-9-15-22(5-2)17-18(3)21/h11-14,18H,4-10,15-17H2,1-3H3. The number of aryl methyl sites for hydroxylation is 1. The van der Waals surface area contributed by atoms with Crippen LogP contribution < -0.4 is 4.74 Å². The average molecular weight is 323 g/mol. The lowest BCUT2D eigenvalue weighted by molar-refractivity contribution is 0.207. The van der Waals surface area contributed by atoms with Crippen molar-refractivity contribution in [3.8, 4) is 5.75 Å². The van der Waals surface area contributed by atoms with Gasteiger partial charge < -0.3 is 9.64 Å². The summed E-state index contributed by atoms with van der Waals surface area (Å²) in [7, 11) is 0. The molecule has 0 saturated carbocycles. The van der Waals surface area contributed by atoms with Gasteiger partial charge in [0.25, 0.3) is 0 Å². The third kappa shape index (κ3) is 9.60. The molecule has 0 fully saturated rings. The third-order valence-corrected chi connectivity index (χ3v) is 4.09. The number of hydrogen-bond acceptors (Lipinski definition) is 2. The first kappa shape index (κ1) is 20.0. The zero-order valence-electron chi connectivity index (χ0n) is 15.2. The summed E-state index contributed by atoms with van der Waals surface area (Å²) in [5, 5.41) is 0. The molecule has 0 radical (unpaired) electrons. The van der Waals surface area contributed by atoms with Gasteiger partial charge in [-0.1, -0.05) is 45.2 Å². The topological polar surface area (TPSA) is 12.5 Å².